The van der Waals surface area contributed by atoms with E-state index in [0.717, 1.165) is 18.4 Å². The summed E-state index contributed by atoms with van der Waals surface area (Å²) in [6, 6.07) is 8.35. The summed E-state index contributed by atoms with van der Waals surface area (Å²) >= 11 is 1.87. The van der Waals surface area contributed by atoms with E-state index < -0.39 is 0 Å². The molecule has 1 atom stereocenters. The Morgan fingerprint density at radius 1 is 1.27 bits per heavy atom. The second kappa shape index (κ2) is 7.59. The minimum absolute atomic E-state index is 0.260. The number of hydrogen-bond donors (Lipinski definition) is 0. The van der Waals surface area contributed by atoms with E-state index >= 15 is 0 Å². The topological polar surface area (TPSA) is 26.3 Å². The predicted octanol–water partition coefficient (Wildman–Crippen LogP) is 5.28. The molecule has 0 aliphatic heterocycles. The third-order valence-electron chi connectivity index (χ3n) is 4.12. The van der Waals surface area contributed by atoms with Crippen LogP contribution in [0.4, 0.5) is 0 Å². The number of aryl methyl sites for hydroxylation is 3. The first-order valence-corrected chi connectivity index (χ1v) is 8.66. The maximum absolute atomic E-state index is 11.6. The van der Waals surface area contributed by atoms with E-state index in [1.165, 1.54) is 29.5 Å². The van der Waals surface area contributed by atoms with Crippen molar-refractivity contribution in [3.8, 4) is 0 Å². The lowest BCUT2D eigenvalue weighted by Gasteiger charge is -2.14. The molecule has 3 heteroatoms. The van der Waals surface area contributed by atoms with Gasteiger partial charge in [-0.05, 0) is 73.2 Å². The molecule has 0 radical (unpaired) electrons. The molecular weight excluding hydrogens is 292 g/mol. The predicted molar refractivity (Wildman–Crippen MR) is 92.9 cm³/mol. The second-order valence-corrected chi connectivity index (χ2v) is 6.75. The van der Waals surface area contributed by atoms with Gasteiger partial charge in [-0.1, -0.05) is 19.1 Å². The molecule has 0 spiro atoms. The zero-order chi connectivity index (χ0) is 16.1. The normalized spacial score (nSPS) is 12.2. The molecule has 118 valence electrons. The lowest BCUT2D eigenvalue weighted by atomic mass is 9.94. The molecule has 2 aromatic rings. The van der Waals surface area contributed by atoms with E-state index in [9.17, 15) is 4.79 Å². The molecule has 2 nitrogen and oxygen atoms in total. The van der Waals surface area contributed by atoms with E-state index in [2.05, 4.69) is 31.4 Å². The quantitative estimate of drug-likeness (QED) is 0.678. The molecule has 0 amide bonds. The summed E-state index contributed by atoms with van der Waals surface area (Å²) in [5.41, 5.74) is 4.30. The van der Waals surface area contributed by atoms with Gasteiger partial charge in [0.1, 0.15) is 0 Å². The van der Waals surface area contributed by atoms with Gasteiger partial charge in [0.2, 0.25) is 0 Å². The van der Waals surface area contributed by atoms with Crippen LogP contribution >= 0.6 is 11.3 Å². The first-order chi connectivity index (χ1) is 10.5. The van der Waals surface area contributed by atoms with Crippen molar-refractivity contribution in [1.29, 1.82) is 0 Å². The van der Waals surface area contributed by atoms with Crippen LogP contribution in [0.1, 0.15) is 57.6 Å². The Morgan fingerprint density at radius 3 is 2.59 bits per heavy atom. The fourth-order valence-electron chi connectivity index (χ4n) is 2.78. The average molecular weight is 316 g/mol. The van der Waals surface area contributed by atoms with Crippen LogP contribution in [-0.4, -0.2) is 13.1 Å². The van der Waals surface area contributed by atoms with Gasteiger partial charge in [-0.15, -0.1) is 11.3 Å². The lowest BCUT2D eigenvalue weighted by molar-refractivity contribution is 0.0600. The van der Waals surface area contributed by atoms with E-state index in [0.29, 0.717) is 11.5 Å². The summed E-state index contributed by atoms with van der Waals surface area (Å²) in [6.07, 6.45) is 3.35. The zero-order valence-electron chi connectivity index (χ0n) is 13.8. The molecule has 0 saturated carbocycles. The summed E-state index contributed by atoms with van der Waals surface area (Å²) in [5.74, 6) is 0.365. The van der Waals surface area contributed by atoms with Crippen molar-refractivity contribution >= 4 is 17.3 Å². The maximum atomic E-state index is 11.6. The number of thiophene rings is 1. The molecule has 1 aromatic carbocycles. The average Bonchev–Trinajstić information content (AvgIpc) is 2.94. The fraction of sp³-hybridized carbons (Fsp3) is 0.421. The number of ether oxygens (including phenoxy) is 1. The highest BCUT2D eigenvalue weighted by atomic mass is 32.1. The Balaban J connectivity index is 2.04. The van der Waals surface area contributed by atoms with Crippen molar-refractivity contribution < 1.29 is 9.53 Å². The number of methoxy groups -OCH3 is 1. The SMILES string of the molecule is CCC(CCc1ccc(C(=O)OC)c(C)c1)c1cc(C)cs1. The Hall–Kier alpha value is -1.61. The summed E-state index contributed by atoms with van der Waals surface area (Å²) in [4.78, 5) is 13.1. The molecule has 2 rings (SSSR count). The Morgan fingerprint density at radius 2 is 2.05 bits per heavy atom. The summed E-state index contributed by atoms with van der Waals surface area (Å²) in [5, 5.41) is 2.23. The molecule has 22 heavy (non-hydrogen) atoms. The third-order valence-corrected chi connectivity index (χ3v) is 5.34. The first kappa shape index (κ1) is 16.8. The monoisotopic (exact) mass is 316 g/mol. The van der Waals surface area contributed by atoms with E-state index in [1.54, 1.807) is 0 Å². The highest BCUT2D eigenvalue weighted by Gasteiger charge is 2.13. The van der Waals surface area contributed by atoms with Crippen LogP contribution in [-0.2, 0) is 11.2 Å². The largest absolute Gasteiger partial charge is 0.465 e. The van der Waals surface area contributed by atoms with Gasteiger partial charge >= 0.3 is 5.97 Å². The van der Waals surface area contributed by atoms with Gasteiger partial charge in [0.05, 0.1) is 12.7 Å². The number of hydrogen-bond acceptors (Lipinski definition) is 3. The summed E-state index contributed by atoms with van der Waals surface area (Å²) in [7, 11) is 1.42. The second-order valence-electron chi connectivity index (χ2n) is 5.81. The third kappa shape index (κ3) is 3.98. The van der Waals surface area contributed by atoms with Crippen molar-refractivity contribution in [3.05, 3.63) is 56.8 Å². The smallest absolute Gasteiger partial charge is 0.338 e. The van der Waals surface area contributed by atoms with Crippen LogP contribution in [0.2, 0.25) is 0 Å². The highest BCUT2D eigenvalue weighted by molar-refractivity contribution is 7.10. The molecule has 0 aliphatic rings. The van der Waals surface area contributed by atoms with Crippen LogP contribution in [0.5, 0.6) is 0 Å². The van der Waals surface area contributed by atoms with Crippen molar-refractivity contribution in [2.45, 2.75) is 46.0 Å². The molecule has 0 bridgehead atoms. The molecule has 0 saturated heterocycles. The van der Waals surface area contributed by atoms with Gasteiger partial charge in [0, 0.05) is 4.88 Å². The van der Waals surface area contributed by atoms with E-state index in [-0.39, 0.29) is 5.97 Å². The Bertz CT molecular complexity index is 643. The van der Waals surface area contributed by atoms with Crippen LogP contribution < -0.4 is 0 Å². The maximum Gasteiger partial charge on any atom is 0.338 e. The van der Waals surface area contributed by atoms with Crippen LogP contribution in [0, 0.1) is 13.8 Å². The standard InChI is InChI=1S/C19H24O2S/c1-5-16(18-10-13(2)12-22-18)8-6-15-7-9-17(14(3)11-15)19(20)21-4/h7,9-12,16H,5-6,8H2,1-4H3. The molecule has 0 fully saturated rings. The van der Waals surface area contributed by atoms with Gasteiger partial charge in [-0.3, -0.25) is 0 Å². The molecular formula is C19H24O2S. The minimum Gasteiger partial charge on any atom is -0.465 e. The Labute approximate surface area is 137 Å². The molecule has 0 aliphatic carbocycles. The molecule has 1 unspecified atom stereocenters. The summed E-state index contributed by atoms with van der Waals surface area (Å²) < 4.78 is 4.80. The molecule has 0 N–H and O–H groups in total. The Kier molecular flexibility index (Phi) is 5.78. The highest BCUT2D eigenvalue weighted by Crippen LogP contribution is 2.30. The van der Waals surface area contributed by atoms with Crippen molar-refractivity contribution in [2.24, 2.45) is 0 Å². The van der Waals surface area contributed by atoms with Crippen molar-refractivity contribution in [1.82, 2.24) is 0 Å². The summed E-state index contributed by atoms with van der Waals surface area (Å²) in [6.45, 7) is 6.38. The first-order valence-electron chi connectivity index (χ1n) is 7.78. The fourth-order valence-corrected chi connectivity index (χ4v) is 3.90. The van der Waals surface area contributed by atoms with Crippen LogP contribution in [0.3, 0.4) is 0 Å². The van der Waals surface area contributed by atoms with Gasteiger partial charge in [-0.25, -0.2) is 4.79 Å². The number of carbonyl (C=O) groups is 1. The zero-order valence-corrected chi connectivity index (χ0v) is 14.6. The van der Waals surface area contributed by atoms with E-state index in [4.69, 9.17) is 4.74 Å². The van der Waals surface area contributed by atoms with Crippen LogP contribution in [0.25, 0.3) is 0 Å². The number of carbonyl (C=O) groups excluding carboxylic acids is 1. The van der Waals surface area contributed by atoms with Gasteiger partial charge < -0.3 is 4.74 Å². The van der Waals surface area contributed by atoms with Crippen molar-refractivity contribution in [2.75, 3.05) is 7.11 Å². The number of rotatable bonds is 6. The lowest BCUT2D eigenvalue weighted by Crippen LogP contribution is -2.04. The minimum atomic E-state index is -0.260. The van der Waals surface area contributed by atoms with Crippen LogP contribution in [0.15, 0.2) is 29.6 Å². The van der Waals surface area contributed by atoms with Gasteiger partial charge in [-0.2, -0.15) is 0 Å². The van der Waals surface area contributed by atoms with Gasteiger partial charge in [0.25, 0.3) is 0 Å². The number of benzene rings is 1. The van der Waals surface area contributed by atoms with E-state index in [1.807, 2.05) is 30.4 Å². The van der Waals surface area contributed by atoms with Crippen molar-refractivity contribution in [3.63, 3.8) is 0 Å². The molecule has 1 aromatic heterocycles. The number of esters is 1. The molecule has 1 heterocycles. The van der Waals surface area contributed by atoms with Gasteiger partial charge in [0.15, 0.2) is 0 Å².